The Balaban J connectivity index is 1.47. The van der Waals surface area contributed by atoms with Crippen LogP contribution in [0.3, 0.4) is 0 Å². The molecule has 29 heavy (non-hydrogen) atoms. The van der Waals surface area contributed by atoms with Crippen LogP contribution in [0.1, 0.15) is 15.9 Å². The van der Waals surface area contributed by atoms with Gasteiger partial charge in [-0.25, -0.2) is 4.98 Å². The summed E-state index contributed by atoms with van der Waals surface area (Å²) in [6, 6.07) is 14.8. The molecule has 6 nitrogen and oxygen atoms in total. The number of hydrogen-bond acceptors (Lipinski definition) is 5. The molecule has 2 heterocycles. The summed E-state index contributed by atoms with van der Waals surface area (Å²) in [5, 5.41) is 2.92. The number of hydrogen-bond donors (Lipinski definition) is 1. The molecule has 0 unspecified atom stereocenters. The smallest absolute Gasteiger partial charge is 0.255 e. The fraction of sp³-hybridized carbons (Fsp3) is 0.0952. The minimum atomic E-state index is -0.224. The predicted octanol–water partition coefficient (Wildman–Crippen LogP) is 5.35. The summed E-state index contributed by atoms with van der Waals surface area (Å²) in [5.74, 6) is 0.779. The average molecular weight is 517 g/mol. The highest BCUT2D eigenvalue weighted by molar-refractivity contribution is 9.11. The van der Waals surface area contributed by atoms with Gasteiger partial charge in [0.1, 0.15) is 5.75 Å². The molecule has 0 fully saturated rings. The van der Waals surface area contributed by atoms with Gasteiger partial charge in [-0.05, 0) is 57.9 Å². The van der Waals surface area contributed by atoms with E-state index in [9.17, 15) is 4.79 Å². The van der Waals surface area contributed by atoms with Crippen molar-refractivity contribution in [3.05, 3.63) is 74.8 Å². The number of nitrogens with zero attached hydrogens (tertiary/aromatic N) is 2. The van der Waals surface area contributed by atoms with E-state index in [4.69, 9.17) is 9.15 Å². The number of aromatic nitrogens is 2. The summed E-state index contributed by atoms with van der Waals surface area (Å²) in [7, 11) is 1.53. The molecule has 146 valence electrons. The van der Waals surface area contributed by atoms with Crippen molar-refractivity contribution in [3.8, 4) is 17.2 Å². The molecule has 2 aromatic heterocycles. The number of fused-ring (bicyclic) bond motifs is 1. The highest BCUT2D eigenvalue weighted by atomic mass is 79.9. The SMILES string of the molecule is COc1c(Br)cc(Br)cc1C(=O)NCc1ccc(-c2nc3ncccc3o2)cc1. The van der Waals surface area contributed by atoms with E-state index in [1.54, 1.807) is 12.3 Å². The third-order valence-corrected chi connectivity index (χ3v) is 5.32. The zero-order valence-corrected chi connectivity index (χ0v) is 18.5. The molecule has 0 saturated heterocycles. The number of carbonyl (C=O) groups is 1. The van der Waals surface area contributed by atoms with Crippen LogP contribution in [0.5, 0.6) is 5.75 Å². The van der Waals surface area contributed by atoms with Gasteiger partial charge in [0.25, 0.3) is 5.91 Å². The van der Waals surface area contributed by atoms with Crippen LogP contribution in [0.4, 0.5) is 0 Å². The molecule has 4 aromatic rings. The Bertz CT molecular complexity index is 1160. The van der Waals surface area contributed by atoms with Gasteiger partial charge >= 0.3 is 0 Å². The average Bonchev–Trinajstić information content (AvgIpc) is 3.16. The minimum absolute atomic E-state index is 0.224. The van der Waals surface area contributed by atoms with E-state index in [1.165, 1.54) is 7.11 Å². The standard InChI is InChI=1S/C21H15Br2N3O3/c1-28-18-15(9-14(22)10-16(18)23)20(27)25-11-12-4-6-13(7-5-12)21-26-19-17(29-21)3-2-8-24-19/h2-10H,11H2,1H3,(H,25,27). The molecule has 8 heteroatoms. The zero-order chi connectivity index (χ0) is 20.4. The highest BCUT2D eigenvalue weighted by Gasteiger charge is 2.16. The summed E-state index contributed by atoms with van der Waals surface area (Å²) >= 11 is 6.81. The molecule has 1 amide bonds. The molecule has 0 radical (unpaired) electrons. The lowest BCUT2D eigenvalue weighted by Gasteiger charge is -2.12. The third kappa shape index (κ3) is 4.18. The molecule has 4 rings (SSSR count). The lowest BCUT2D eigenvalue weighted by Crippen LogP contribution is -2.23. The fourth-order valence-electron chi connectivity index (χ4n) is 2.87. The molecular formula is C21H15Br2N3O3. The van der Waals surface area contributed by atoms with Crippen molar-refractivity contribution in [2.24, 2.45) is 0 Å². The number of ether oxygens (including phenoxy) is 1. The first kappa shape index (κ1) is 19.6. The number of oxazole rings is 1. The van der Waals surface area contributed by atoms with E-state index in [0.29, 0.717) is 39.5 Å². The Morgan fingerprint density at radius 2 is 1.97 bits per heavy atom. The number of carbonyl (C=O) groups excluding carboxylic acids is 1. The molecule has 0 aliphatic rings. The lowest BCUT2D eigenvalue weighted by molar-refractivity contribution is 0.0947. The molecule has 0 bridgehead atoms. The summed E-state index contributed by atoms with van der Waals surface area (Å²) in [5.41, 5.74) is 3.46. The highest BCUT2D eigenvalue weighted by Crippen LogP contribution is 2.32. The van der Waals surface area contributed by atoms with Crippen molar-refractivity contribution in [1.82, 2.24) is 15.3 Å². The van der Waals surface area contributed by atoms with E-state index < -0.39 is 0 Å². The van der Waals surface area contributed by atoms with Crippen LogP contribution in [-0.2, 0) is 6.54 Å². The maximum atomic E-state index is 12.6. The van der Waals surface area contributed by atoms with Crippen LogP contribution in [0.25, 0.3) is 22.7 Å². The number of halogens is 2. The number of nitrogens with one attached hydrogen (secondary N) is 1. The monoisotopic (exact) mass is 515 g/mol. The van der Waals surface area contributed by atoms with E-state index in [1.807, 2.05) is 42.5 Å². The van der Waals surface area contributed by atoms with E-state index in [-0.39, 0.29) is 5.91 Å². The van der Waals surface area contributed by atoms with Crippen molar-refractivity contribution < 1.29 is 13.9 Å². The normalized spacial score (nSPS) is 10.9. The van der Waals surface area contributed by atoms with E-state index in [0.717, 1.165) is 15.6 Å². The Morgan fingerprint density at radius 3 is 2.69 bits per heavy atom. The zero-order valence-electron chi connectivity index (χ0n) is 15.3. The minimum Gasteiger partial charge on any atom is -0.495 e. The van der Waals surface area contributed by atoms with Gasteiger partial charge in [-0.3, -0.25) is 4.79 Å². The van der Waals surface area contributed by atoms with Gasteiger partial charge < -0.3 is 14.5 Å². The van der Waals surface area contributed by atoms with Gasteiger partial charge in [0.15, 0.2) is 11.2 Å². The van der Waals surface area contributed by atoms with Gasteiger partial charge in [0.05, 0.1) is 17.1 Å². The molecule has 2 aromatic carbocycles. The molecule has 1 N–H and O–H groups in total. The summed E-state index contributed by atoms with van der Waals surface area (Å²) < 4.78 is 12.6. The van der Waals surface area contributed by atoms with E-state index in [2.05, 4.69) is 47.1 Å². The van der Waals surface area contributed by atoms with Gasteiger partial charge in [-0.2, -0.15) is 4.98 Å². The quantitative estimate of drug-likeness (QED) is 0.386. The maximum absolute atomic E-state index is 12.6. The molecule has 0 aliphatic carbocycles. The van der Waals surface area contributed by atoms with Crippen LogP contribution >= 0.6 is 31.9 Å². The third-order valence-electron chi connectivity index (χ3n) is 4.28. The van der Waals surface area contributed by atoms with Gasteiger partial charge in [0, 0.05) is 22.8 Å². The van der Waals surface area contributed by atoms with Crippen LogP contribution < -0.4 is 10.1 Å². The predicted molar refractivity (Wildman–Crippen MR) is 117 cm³/mol. The number of benzene rings is 2. The van der Waals surface area contributed by atoms with Crippen LogP contribution in [0, 0.1) is 0 Å². The number of rotatable bonds is 5. The molecule has 0 saturated carbocycles. The molecule has 0 atom stereocenters. The van der Waals surface area contributed by atoms with Crippen molar-refractivity contribution in [2.75, 3.05) is 7.11 Å². The first-order valence-corrected chi connectivity index (χ1v) is 10.3. The fourth-order valence-corrected chi connectivity index (χ4v) is 4.26. The van der Waals surface area contributed by atoms with Crippen LogP contribution in [0.2, 0.25) is 0 Å². The first-order chi connectivity index (χ1) is 14.0. The van der Waals surface area contributed by atoms with Crippen LogP contribution in [0.15, 0.2) is 68.1 Å². The second-order valence-electron chi connectivity index (χ2n) is 6.19. The van der Waals surface area contributed by atoms with Crippen LogP contribution in [-0.4, -0.2) is 23.0 Å². The number of pyridine rings is 1. The van der Waals surface area contributed by atoms with Gasteiger partial charge in [0.2, 0.25) is 5.89 Å². The second-order valence-corrected chi connectivity index (χ2v) is 7.96. The second kappa shape index (κ2) is 8.34. The summed E-state index contributed by atoms with van der Waals surface area (Å²) in [6.45, 7) is 0.377. The van der Waals surface area contributed by atoms with Gasteiger partial charge in [-0.15, -0.1) is 0 Å². The Morgan fingerprint density at radius 1 is 1.17 bits per heavy atom. The van der Waals surface area contributed by atoms with Crippen molar-refractivity contribution in [1.29, 1.82) is 0 Å². The maximum Gasteiger partial charge on any atom is 0.255 e. The topological polar surface area (TPSA) is 77.2 Å². The largest absolute Gasteiger partial charge is 0.495 e. The molecule has 0 aliphatic heterocycles. The van der Waals surface area contributed by atoms with Crippen molar-refractivity contribution >= 4 is 49.0 Å². The first-order valence-electron chi connectivity index (χ1n) is 8.67. The summed E-state index contributed by atoms with van der Waals surface area (Å²) in [4.78, 5) is 21.2. The Hall–Kier alpha value is -2.71. The molecule has 0 spiro atoms. The van der Waals surface area contributed by atoms with E-state index >= 15 is 0 Å². The Kier molecular flexibility index (Phi) is 5.64. The van der Waals surface area contributed by atoms with Crippen molar-refractivity contribution in [2.45, 2.75) is 6.54 Å². The lowest BCUT2D eigenvalue weighted by atomic mass is 10.1. The summed E-state index contributed by atoms with van der Waals surface area (Å²) in [6.07, 6.45) is 1.68. The van der Waals surface area contributed by atoms with Gasteiger partial charge in [-0.1, -0.05) is 28.1 Å². The molecular weight excluding hydrogens is 502 g/mol. The number of methoxy groups -OCH3 is 1. The Labute approximate surface area is 183 Å². The number of amides is 1. The van der Waals surface area contributed by atoms with Crippen molar-refractivity contribution in [3.63, 3.8) is 0 Å².